The van der Waals surface area contributed by atoms with Crippen molar-refractivity contribution >= 4 is 11.6 Å². The van der Waals surface area contributed by atoms with E-state index in [1.54, 1.807) is 0 Å². The number of rotatable bonds is 3. The van der Waals surface area contributed by atoms with Crippen molar-refractivity contribution in [1.29, 1.82) is 0 Å². The zero-order valence-electron chi connectivity index (χ0n) is 21.0. The van der Waals surface area contributed by atoms with Crippen molar-refractivity contribution in [2.45, 2.75) is 85.4 Å². The topological polar surface area (TPSA) is 74.6 Å². The number of ketones is 2. The Morgan fingerprint density at radius 3 is 1.52 bits per heavy atom. The second-order valence-electron chi connectivity index (χ2n) is 13.1. The number of carbonyl (C=O) groups is 2. The van der Waals surface area contributed by atoms with Gasteiger partial charge in [0.05, 0.1) is 24.0 Å². The summed E-state index contributed by atoms with van der Waals surface area (Å²) < 4.78 is 0. The molecule has 5 rings (SSSR count). The molecule has 4 aliphatic carbocycles. The largest absolute Gasteiger partial charge is 0.392 e. The standard InChI is InChI=1S/C29H40O4/c1-26(2)17-12-14-28(26,5)24(32)20(22(17)30)19(16-10-8-7-9-11-16)21-23(31)18-13-15-29(6,25(21)33)27(18,3)4/h7-11,17-23,30-31H,12-15H2,1-6H3/t17-,18+,19?,20-,21-,22-,23-,28+,29+/m1/s1. The summed E-state index contributed by atoms with van der Waals surface area (Å²) in [4.78, 5) is 28.5. The fourth-order valence-corrected chi connectivity index (χ4v) is 8.76. The molecule has 4 nitrogen and oxygen atoms in total. The Balaban J connectivity index is 1.67. The summed E-state index contributed by atoms with van der Waals surface area (Å²) >= 11 is 0. The minimum atomic E-state index is -0.811. The van der Waals surface area contributed by atoms with Crippen LogP contribution >= 0.6 is 0 Å². The first-order valence-electron chi connectivity index (χ1n) is 12.8. The van der Waals surface area contributed by atoms with Crippen LogP contribution in [-0.2, 0) is 9.59 Å². The van der Waals surface area contributed by atoms with Crippen LogP contribution in [0.2, 0.25) is 0 Å². The summed E-state index contributed by atoms with van der Waals surface area (Å²) in [5, 5.41) is 23.4. The number of hydrogen-bond acceptors (Lipinski definition) is 4. The van der Waals surface area contributed by atoms with Crippen LogP contribution < -0.4 is 0 Å². The van der Waals surface area contributed by atoms with Crippen LogP contribution in [0, 0.1) is 45.3 Å². The maximum absolute atomic E-state index is 14.2. The zero-order chi connectivity index (χ0) is 24.1. The van der Waals surface area contributed by atoms with Crippen LogP contribution in [0.4, 0.5) is 0 Å². The molecule has 4 heteroatoms. The van der Waals surface area contributed by atoms with Crippen molar-refractivity contribution in [2.75, 3.05) is 0 Å². The fraction of sp³-hybridized carbons (Fsp3) is 0.724. The van der Waals surface area contributed by atoms with Crippen LogP contribution in [-0.4, -0.2) is 34.0 Å². The number of Topliss-reactive ketones (excluding diaryl/α,β-unsaturated/α-hetero) is 2. The van der Waals surface area contributed by atoms with Crippen molar-refractivity contribution in [3.05, 3.63) is 35.9 Å². The van der Waals surface area contributed by atoms with E-state index >= 15 is 0 Å². The van der Waals surface area contributed by atoms with E-state index in [1.807, 2.05) is 30.3 Å². The van der Waals surface area contributed by atoms with Gasteiger partial charge < -0.3 is 10.2 Å². The summed E-state index contributed by atoms with van der Waals surface area (Å²) in [6.45, 7) is 12.6. The van der Waals surface area contributed by atoms with E-state index in [2.05, 4.69) is 41.5 Å². The number of fused-ring (bicyclic) bond motifs is 4. The first kappa shape index (κ1) is 23.2. The summed E-state index contributed by atoms with van der Waals surface area (Å²) in [6.07, 6.45) is 1.56. The number of aliphatic hydroxyl groups excluding tert-OH is 2. The summed E-state index contributed by atoms with van der Waals surface area (Å²) in [6, 6.07) is 9.74. The molecule has 4 fully saturated rings. The number of aliphatic hydroxyl groups is 2. The van der Waals surface area contributed by atoms with Crippen LogP contribution in [0.3, 0.4) is 0 Å². The first-order valence-corrected chi connectivity index (χ1v) is 12.8. The average Bonchev–Trinajstić information content (AvgIpc) is 3.07. The summed E-state index contributed by atoms with van der Waals surface area (Å²) in [5.41, 5.74) is -0.746. The van der Waals surface area contributed by atoms with E-state index in [0.29, 0.717) is 0 Å². The molecular formula is C29H40O4. The molecule has 0 amide bonds. The molecule has 1 unspecified atom stereocenters. The van der Waals surface area contributed by atoms with Gasteiger partial charge >= 0.3 is 0 Å². The SMILES string of the molecule is CC1(C)[C@@H]2CC[C@@]1(C)C(=O)[C@H](C(c1ccccc1)[C@H]1C(=O)[C@]3(C)CC[C@@H]([C@H]1O)C3(C)C)[C@@H]2O. The molecule has 9 atom stereocenters. The number of carbonyl (C=O) groups excluding carboxylic acids is 2. The Kier molecular flexibility index (Phi) is 4.93. The molecule has 33 heavy (non-hydrogen) atoms. The van der Waals surface area contributed by atoms with Crippen LogP contribution in [0.25, 0.3) is 0 Å². The lowest BCUT2D eigenvalue weighted by molar-refractivity contribution is -0.169. The van der Waals surface area contributed by atoms with E-state index in [9.17, 15) is 19.8 Å². The van der Waals surface area contributed by atoms with Crippen LogP contribution in [0.15, 0.2) is 30.3 Å². The third kappa shape index (κ3) is 2.66. The highest BCUT2D eigenvalue weighted by atomic mass is 16.3. The van der Waals surface area contributed by atoms with Gasteiger partial charge in [-0.2, -0.15) is 0 Å². The lowest BCUT2D eigenvalue weighted by Gasteiger charge is -2.56. The maximum Gasteiger partial charge on any atom is 0.145 e. The molecule has 4 bridgehead atoms. The monoisotopic (exact) mass is 452 g/mol. The normalized spacial score (nSPS) is 46.4. The molecule has 4 saturated carbocycles. The highest BCUT2D eigenvalue weighted by Gasteiger charge is 2.70. The van der Waals surface area contributed by atoms with Crippen molar-refractivity contribution in [2.24, 2.45) is 45.3 Å². The predicted molar refractivity (Wildman–Crippen MR) is 127 cm³/mol. The van der Waals surface area contributed by atoms with Crippen LogP contribution in [0.5, 0.6) is 0 Å². The van der Waals surface area contributed by atoms with E-state index in [0.717, 1.165) is 31.2 Å². The second-order valence-corrected chi connectivity index (χ2v) is 13.1. The lowest BCUT2D eigenvalue weighted by atomic mass is 9.48. The van der Waals surface area contributed by atoms with Crippen molar-refractivity contribution in [3.63, 3.8) is 0 Å². The lowest BCUT2D eigenvalue weighted by Crippen LogP contribution is -2.62. The number of benzene rings is 1. The Labute approximate surface area is 198 Å². The average molecular weight is 453 g/mol. The van der Waals surface area contributed by atoms with Gasteiger partial charge in [-0.3, -0.25) is 9.59 Å². The molecule has 4 aliphatic rings. The third-order valence-corrected chi connectivity index (χ3v) is 11.8. The van der Waals surface area contributed by atoms with Gasteiger partial charge in [-0.1, -0.05) is 71.9 Å². The van der Waals surface area contributed by atoms with Gasteiger partial charge in [0, 0.05) is 16.7 Å². The Hall–Kier alpha value is -1.52. The number of hydrogen-bond donors (Lipinski definition) is 2. The molecule has 0 heterocycles. The van der Waals surface area contributed by atoms with Crippen LogP contribution in [0.1, 0.15) is 78.7 Å². The molecule has 2 N–H and O–H groups in total. The highest BCUT2D eigenvalue weighted by molar-refractivity contribution is 5.94. The molecule has 0 radical (unpaired) electrons. The summed E-state index contributed by atoms with van der Waals surface area (Å²) in [5.74, 6) is -1.69. The van der Waals surface area contributed by atoms with E-state index in [1.165, 1.54) is 0 Å². The molecule has 0 saturated heterocycles. The molecule has 0 spiro atoms. The Bertz CT molecular complexity index is 921. The smallest absolute Gasteiger partial charge is 0.145 e. The minimum absolute atomic E-state index is 0.0102. The predicted octanol–water partition coefficient (Wildman–Crippen LogP) is 4.77. The first-order chi connectivity index (χ1) is 15.3. The summed E-state index contributed by atoms with van der Waals surface area (Å²) in [7, 11) is 0. The third-order valence-electron chi connectivity index (χ3n) is 11.8. The van der Waals surface area contributed by atoms with Gasteiger partial charge in [0.2, 0.25) is 0 Å². The molecule has 0 aliphatic heterocycles. The molecule has 0 aromatic heterocycles. The van der Waals surface area contributed by atoms with Gasteiger partial charge in [0.1, 0.15) is 11.6 Å². The van der Waals surface area contributed by atoms with Gasteiger partial charge in [-0.25, -0.2) is 0 Å². The minimum Gasteiger partial charge on any atom is -0.392 e. The maximum atomic E-state index is 14.2. The van der Waals surface area contributed by atoms with Gasteiger partial charge in [-0.05, 0) is 53.9 Å². The van der Waals surface area contributed by atoms with Gasteiger partial charge in [0.15, 0.2) is 0 Å². The molecule has 1 aromatic carbocycles. The van der Waals surface area contributed by atoms with E-state index in [-0.39, 0.29) is 34.2 Å². The van der Waals surface area contributed by atoms with Gasteiger partial charge in [-0.15, -0.1) is 0 Å². The Morgan fingerprint density at radius 2 is 1.12 bits per heavy atom. The zero-order valence-corrected chi connectivity index (χ0v) is 21.0. The Morgan fingerprint density at radius 1 is 0.727 bits per heavy atom. The van der Waals surface area contributed by atoms with Crippen molar-refractivity contribution in [1.82, 2.24) is 0 Å². The fourth-order valence-electron chi connectivity index (χ4n) is 8.76. The quantitative estimate of drug-likeness (QED) is 0.692. The van der Waals surface area contributed by atoms with Gasteiger partial charge in [0.25, 0.3) is 0 Å². The van der Waals surface area contributed by atoms with Crippen molar-refractivity contribution in [3.8, 4) is 0 Å². The van der Waals surface area contributed by atoms with E-state index < -0.39 is 40.8 Å². The second kappa shape index (κ2) is 7.01. The molecule has 1 aromatic rings. The highest BCUT2D eigenvalue weighted by Crippen LogP contribution is 2.68. The molecule has 180 valence electrons. The molecular weight excluding hydrogens is 412 g/mol. The van der Waals surface area contributed by atoms with Crippen molar-refractivity contribution < 1.29 is 19.8 Å². The van der Waals surface area contributed by atoms with E-state index in [4.69, 9.17) is 0 Å².